The van der Waals surface area contributed by atoms with Gasteiger partial charge in [-0.25, -0.2) is 0 Å². The van der Waals surface area contributed by atoms with E-state index in [0.717, 1.165) is 34.4 Å². The van der Waals surface area contributed by atoms with Gasteiger partial charge in [0.2, 0.25) is 0 Å². The maximum atomic E-state index is 6.28. The highest BCUT2D eigenvalue weighted by Crippen LogP contribution is 2.39. The van der Waals surface area contributed by atoms with Crippen molar-refractivity contribution in [3.05, 3.63) is 78.4 Å². The zero-order valence-corrected chi connectivity index (χ0v) is 24.9. The van der Waals surface area contributed by atoms with Crippen molar-refractivity contribution in [3.63, 3.8) is 0 Å². The van der Waals surface area contributed by atoms with Gasteiger partial charge in [0.25, 0.3) is 0 Å². The summed E-state index contributed by atoms with van der Waals surface area (Å²) >= 11 is 0. The molecule has 2 aliphatic heterocycles. The molecule has 0 unspecified atom stereocenters. The Hall–Kier alpha value is -2.57. The molecule has 2 fully saturated rings. The van der Waals surface area contributed by atoms with Crippen LogP contribution in [0.1, 0.15) is 67.9 Å². The molecule has 204 valence electrons. The SMILES string of the molecule is CCc1ccc(N(c2ccc(B3OC(C)(C)C(C)(C)O3)cc2)c2ccc(B3OC(C)(C)C(C)(C)O3)cc2)cc1. The summed E-state index contributed by atoms with van der Waals surface area (Å²) < 4.78 is 25.1. The van der Waals surface area contributed by atoms with Gasteiger partial charge in [-0.3, -0.25) is 0 Å². The lowest BCUT2D eigenvalue weighted by atomic mass is 9.79. The van der Waals surface area contributed by atoms with Gasteiger partial charge in [-0.2, -0.15) is 0 Å². The van der Waals surface area contributed by atoms with Crippen LogP contribution in [0.25, 0.3) is 0 Å². The quantitative estimate of drug-likeness (QED) is 0.353. The lowest BCUT2D eigenvalue weighted by Gasteiger charge is -2.32. The number of hydrogen-bond donors (Lipinski definition) is 0. The molecule has 2 saturated heterocycles. The van der Waals surface area contributed by atoms with Gasteiger partial charge in [-0.1, -0.05) is 43.3 Å². The van der Waals surface area contributed by atoms with Crippen LogP contribution in [0.3, 0.4) is 0 Å². The van der Waals surface area contributed by atoms with Crippen molar-refractivity contribution in [2.45, 2.75) is 91.1 Å². The maximum Gasteiger partial charge on any atom is 0.494 e. The predicted molar refractivity (Wildman–Crippen MR) is 162 cm³/mol. The first-order chi connectivity index (χ1) is 18.2. The van der Waals surface area contributed by atoms with Crippen molar-refractivity contribution in [2.24, 2.45) is 0 Å². The lowest BCUT2D eigenvalue weighted by molar-refractivity contribution is 0.00578. The van der Waals surface area contributed by atoms with E-state index in [1.54, 1.807) is 0 Å². The van der Waals surface area contributed by atoms with Crippen molar-refractivity contribution in [3.8, 4) is 0 Å². The van der Waals surface area contributed by atoms with E-state index in [4.69, 9.17) is 18.6 Å². The van der Waals surface area contributed by atoms with Gasteiger partial charge in [0.15, 0.2) is 0 Å². The van der Waals surface area contributed by atoms with Gasteiger partial charge in [-0.05, 0) is 115 Å². The van der Waals surface area contributed by atoms with Crippen molar-refractivity contribution in [1.29, 1.82) is 0 Å². The number of aryl methyl sites for hydroxylation is 1. The molecule has 0 atom stereocenters. The molecule has 7 heteroatoms. The summed E-state index contributed by atoms with van der Waals surface area (Å²) in [4.78, 5) is 2.27. The molecule has 5 nitrogen and oxygen atoms in total. The zero-order chi connectivity index (χ0) is 28.2. The number of benzene rings is 3. The van der Waals surface area contributed by atoms with Crippen LogP contribution in [0.4, 0.5) is 17.1 Å². The van der Waals surface area contributed by atoms with E-state index >= 15 is 0 Å². The van der Waals surface area contributed by atoms with Gasteiger partial charge >= 0.3 is 14.2 Å². The monoisotopic (exact) mass is 525 g/mol. The standard InChI is InChI=1S/C32H41B2NO4/c1-10-23-11-17-26(18-12-23)35(27-19-13-24(14-20-27)33-36-29(2,3)30(4,5)37-33)28-21-15-25(16-22-28)34-38-31(6,7)32(8,9)39-34/h11-22H,10H2,1-9H3. The Labute approximate surface area is 235 Å². The maximum absolute atomic E-state index is 6.28. The molecule has 39 heavy (non-hydrogen) atoms. The second-order valence-electron chi connectivity index (χ2n) is 12.7. The highest BCUT2D eigenvalue weighted by atomic mass is 16.7. The minimum absolute atomic E-state index is 0.373. The fraction of sp³-hybridized carbons (Fsp3) is 0.438. The van der Waals surface area contributed by atoms with Gasteiger partial charge < -0.3 is 23.5 Å². The van der Waals surface area contributed by atoms with Crippen LogP contribution in [0.2, 0.25) is 0 Å². The number of rotatable bonds is 6. The van der Waals surface area contributed by atoms with E-state index in [-0.39, 0.29) is 36.6 Å². The van der Waals surface area contributed by atoms with Crippen molar-refractivity contribution < 1.29 is 18.6 Å². The van der Waals surface area contributed by atoms with E-state index in [1.807, 2.05) is 0 Å². The summed E-state index contributed by atoms with van der Waals surface area (Å²) in [6, 6.07) is 25.7. The van der Waals surface area contributed by atoms with Crippen LogP contribution in [-0.4, -0.2) is 36.6 Å². The molecule has 0 aromatic heterocycles. The van der Waals surface area contributed by atoms with E-state index < -0.39 is 0 Å². The van der Waals surface area contributed by atoms with E-state index in [2.05, 4.69) is 140 Å². The van der Waals surface area contributed by atoms with Crippen molar-refractivity contribution in [1.82, 2.24) is 0 Å². The third kappa shape index (κ3) is 5.18. The summed E-state index contributed by atoms with van der Waals surface area (Å²) in [5, 5.41) is 0. The second-order valence-corrected chi connectivity index (χ2v) is 12.7. The molecule has 0 amide bonds. The molecular formula is C32H41B2NO4. The van der Waals surface area contributed by atoms with Crippen molar-refractivity contribution in [2.75, 3.05) is 4.90 Å². The Morgan fingerprint density at radius 1 is 0.487 bits per heavy atom. The smallest absolute Gasteiger partial charge is 0.399 e. The summed E-state index contributed by atoms with van der Waals surface area (Å²) in [6.45, 7) is 18.8. The Bertz CT molecular complexity index is 1190. The van der Waals surface area contributed by atoms with Crippen LogP contribution in [0.15, 0.2) is 72.8 Å². The number of nitrogens with zero attached hydrogens (tertiary/aromatic N) is 1. The highest BCUT2D eigenvalue weighted by Gasteiger charge is 2.52. The molecule has 3 aromatic carbocycles. The van der Waals surface area contributed by atoms with Crippen molar-refractivity contribution >= 4 is 42.2 Å². The summed E-state index contributed by atoms with van der Waals surface area (Å²) in [5.41, 5.74) is 5.05. The number of anilines is 3. The molecule has 2 heterocycles. The minimum atomic E-state index is -0.388. The van der Waals surface area contributed by atoms with Crippen LogP contribution in [0, 0.1) is 0 Å². The molecule has 5 rings (SSSR count). The Balaban J connectivity index is 1.45. The van der Waals surface area contributed by atoms with Gasteiger partial charge in [0.1, 0.15) is 0 Å². The third-order valence-corrected chi connectivity index (χ3v) is 8.96. The fourth-order valence-electron chi connectivity index (χ4n) is 4.85. The first kappa shape index (κ1) is 28.0. The van der Waals surface area contributed by atoms with Crippen LogP contribution in [-0.2, 0) is 25.0 Å². The minimum Gasteiger partial charge on any atom is -0.399 e. The normalized spacial score (nSPS) is 20.8. The Morgan fingerprint density at radius 2 is 0.769 bits per heavy atom. The lowest BCUT2D eigenvalue weighted by Crippen LogP contribution is -2.41. The molecule has 2 aliphatic rings. The molecule has 0 aliphatic carbocycles. The Kier molecular flexibility index (Phi) is 7.04. The van der Waals surface area contributed by atoms with Gasteiger partial charge in [-0.15, -0.1) is 0 Å². The third-order valence-electron chi connectivity index (χ3n) is 8.96. The van der Waals surface area contributed by atoms with Crippen LogP contribution < -0.4 is 15.8 Å². The fourth-order valence-corrected chi connectivity index (χ4v) is 4.85. The Morgan fingerprint density at radius 3 is 1.05 bits per heavy atom. The van der Waals surface area contributed by atoms with Gasteiger partial charge in [0.05, 0.1) is 22.4 Å². The first-order valence-electron chi connectivity index (χ1n) is 14.0. The van der Waals surface area contributed by atoms with Gasteiger partial charge in [0, 0.05) is 17.1 Å². The topological polar surface area (TPSA) is 40.2 Å². The molecule has 0 spiro atoms. The summed E-state index contributed by atoms with van der Waals surface area (Å²) in [7, 11) is -0.777. The molecule has 0 radical (unpaired) electrons. The molecule has 0 N–H and O–H groups in total. The van der Waals surface area contributed by atoms with E-state index in [0.29, 0.717) is 0 Å². The predicted octanol–water partition coefficient (Wildman–Crippen LogP) is 6.32. The average Bonchev–Trinajstić information content (AvgIpc) is 3.25. The van der Waals surface area contributed by atoms with Crippen LogP contribution >= 0.6 is 0 Å². The second kappa shape index (κ2) is 9.81. The zero-order valence-electron chi connectivity index (χ0n) is 24.9. The molecular weight excluding hydrogens is 484 g/mol. The molecule has 3 aromatic rings. The first-order valence-corrected chi connectivity index (χ1v) is 14.0. The van der Waals surface area contributed by atoms with Crippen LogP contribution in [0.5, 0.6) is 0 Å². The summed E-state index contributed by atoms with van der Waals surface area (Å²) in [5.74, 6) is 0. The highest BCUT2D eigenvalue weighted by molar-refractivity contribution is 6.62. The van der Waals surface area contributed by atoms with E-state index in [9.17, 15) is 0 Å². The largest absolute Gasteiger partial charge is 0.494 e. The number of hydrogen-bond acceptors (Lipinski definition) is 5. The molecule has 0 bridgehead atoms. The summed E-state index contributed by atoms with van der Waals surface area (Å²) in [6.07, 6.45) is 1.01. The average molecular weight is 525 g/mol. The molecule has 0 saturated carbocycles. The van der Waals surface area contributed by atoms with E-state index in [1.165, 1.54) is 5.56 Å².